The first-order valence-electron chi connectivity index (χ1n) is 11.0. The van der Waals surface area contributed by atoms with Crippen LogP contribution in [-0.2, 0) is 11.4 Å². The molecular formula is C27H29BrN2O4. The molecule has 0 fully saturated rings. The highest BCUT2D eigenvalue weighted by Crippen LogP contribution is 2.27. The van der Waals surface area contributed by atoms with Crippen molar-refractivity contribution < 1.29 is 19.0 Å². The molecule has 0 saturated carbocycles. The summed E-state index contributed by atoms with van der Waals surface area (Å²) in [4.78, 5) is 12.3. The second kappa shape index (κ2) is 12.2. The summed E-state index contributed by atoms with van der Waals surface area (Å²) in [5.74, 6) is 1.93. The topological polar surface area (TPSA) is 69.2 Å². The molecule has 0 spiro atoms. The van der Waals surface area contributed by atoms with Crippen LogP contribution in [0.1, 0.15) is 42.0 Å². The number of carbonyl (C=O) groups is 1. The van der Waals surface area contributed by atoms with Crippen LogP contribution in [0.4, 0.5) is 0 Å². The number of hydrogen-bond acceptors (Lipinski definition) is 5. The van der Waals surface area contributed by atoms with Gasteiger partial charge in [0.25, 0.3) is 5.91 Å². The van der Waals surface area contributed by atoms with E-state index in [0.717, 1.165) is 21.2 Å². The van der Waals surface area contributed by atoms with E-state index in [4.69, 9.17) is 14.2 Å². The van der Waals surface area contributed by atoms with Gasteiger partial charge in [-0.05, 0) is 65.9 Å². The van der Waals surface area contributed by atoms with Crippen molar-refractivity contribution in [2.45, 2.75) is 33.3 Å². The Morgan fingerprint density at radius 3 is 2.62 bits per heavy atom. The number of methoxy groups -OCH3 is 1. The molecule has 1 amide bonds. The molecule has 3 aromatic rings. The molecule has 0 unspecified atom stereocenters. The lowest BCUT2D eigenvalue weighted by atomic mass is 10.0. The maximum atomic E-state index is 12.3. The van der Waals surface area contributed by atoms with Gasteiger partial charge in [-0.15, -0.1) is 0 Å². The molecule has 178 valence electrons. The highest BCUT2D eigenvalue weighted by Gasteiger charge is 2.10. The predicted octanol–water partition coefficient (Wildman–Crippen LogP) is 6.00. The number of ether oxygens (including phenoxy) is 3. The smallest absolute Gasteiger partial charge is 0.277 e. The molecular weight excluding hydrogens is 496 g/mol. The van der Waals surface area contributed by atoms with E-state index in [1.165, 1.54) is 6.21 Å². The van der Waals surface area contributed by atoms with Crippen LogP contribution >= 0.6 is 15.9 Å². The lowest BCUT2D eigenvalue weighted by Gasteiger charge is -2.14. The van der Waals surface area contributed by atoms with E-state index in [2.05, 4.69) is 40.3 Å². The fourth-order valence-electron chi connectivity index (χ4n) is 3.27. The molecule has 6 nitrogen and oxygen atoms in total. The Bertz CT molecular complexity index is 1160. The molecule has 0 atom stereocenters. The van der Waals surface area contributed by atoms with Crippen molar-refractivity contribution in [3.8, 4) is 17.2 Å². The van der Waals surface area contributed by atoms with E-state index in [-0.39, 0.29) is 12.5 Å². The summed E-state index contributed by atoms with van der Waals surface area (Å²) in [7, 11) is 1.59. The fraction of sp³-hybridized carbons (Fsp3) is 0.259. The van der Waals surface area contributed by atoms with E-state index >= 15 is 0 Å². The van der Waals surface area contributed by atoms with Crippen molar-refractivity contribution in [1.29, 1.82) is 0 Å². The minimum atomic E-state index is -0.355. The third-order valence-electron chi connectivity index (χ3n) is 5.04. The third-order valence-corrected chi connectivity index (χ3v) is 5.54. The number of aryl methyl sites for hydroxylation is 1. The highest BCUT2D eigenvalue weighted by molar-refractivity contribution is 9.10. The Morgan fingerprint density at radius 2 is 1.88 bits per heavy atom. The van der Waals surface area contributed by atoms with Gasteiger partial charge < -0.3 is 14.2 Å². The summed E-state index contributed by atoms with van der Waals surface area (Å²) >= 11 is 3.47. The van der Waals surface area contributed by atoms with Gasteiger partial charge in [0.05, 0.1) is 13.3 Å². The first-order chi connectivity index (χ1) is 16.4. The normalized spacial score (nSPS) is 11.0. The number of nitrogens with zero attached hydrogens (tertiary/aromatic N) is 1. The predicted molar refractivity (Wildman–Crippen MR) is 138 cm³/mol. The number of hydrogen-bond donors (Lipinski definition) is 1. The van der Waals surface area contributed by atoms with Crippen molar-refractivity contribution in [3.05, 3.63) is 87.4 Å². The molecule has 3 rings (SSSR count). The van der Waals surface area contributed by atoms with E-state index in [0.29, 0.717) is 35.3 Å². The third kappa shape index (κ3) is 7.35. The Kier molecular flexibility index (Phi) is 9.10. The van der Waals surface area contributed by atoms with E-state index in [9.17, 15) is 4.79 Å². The molecule has 0 aliphatic rings. The summed E-state index contributed by atoms with van der Waals surface area (Å²) in [5, 5.41) is 4.09. The van der Waals surface area contributed by atoms with Crippen molar-refractivity contribution in [3.63, 3.8) is 0 Å². The van der Waals surface area contributed by atoms with Gasteiger partial charge >= 0.3 is 0 Å². The van der Waals surface area contributed by atoms with E-state index in [1.807, 2.05) is 61.5 Å². The Labute approximate surface area is 209 Å². The average Bonchev–Trinajstić information content (AvgIpc) is 2.81. The van der Waals surface area contributed by atoms with Crippen LogP contribution in [-0.4, -0.2) is 25.8 Å². The number of amides is 1. The maximum absolute atomic E-state index is 12.3. The zero-order chi connectivity index (χ0) is 24.5. The summed E-state index contributed by atoms with van der Waals surface area (Å²) in [6.45, 7) is 6.43. The second-order valence-corrected chi connectivity index (χ2v) is 9.02. The molecule has 0 radical (unpaired) electrons. The van der Waals surface area contributed by atoms with Crippen LogP contribution in [0.2, 0.25) is 0 Å². The van der Waals surface area contributed by atoms with Gasteiger partial charge in [0.1, 0.15) is 23.9 Å². The Balaban J connectivity index is 1.63. The van der Waals surface area contributed by atoms with Gasteiger partial charge in [-0.2, -0.15) is 5.10 Å². The van der Waals surface area contributed by atoms with Gasteiger partial charge in [-0.25, -0.2) is 5.43 Å². The Hall–Kier alpha value is -3.32. The van der Waals surface area contributed by atoms with Crippen LogP contribution in [0.15, 0.2) is 70.2 Å². The number of rotatable bonds is 10. The molecule has 0 aliphatic heterocycles. The first-order valence-corrected chi connectivity index (χ1v) is 11.8. The number of carbonyl (C=O) groups excluding carboxylic acids is 1. The van der Waals surface area contributed by atoms with Crippen LogP contribution < -0.4 is 19.6 Å². The number of halogens is 1. The number of hydrazone groups is 1. The van der Waals surface area contributed by atoms with Crippen molar-refractivity contribution in [2.24, 2.45) is 5.10 Å². The van der Waals surface area contributed by atoms with Crippen LogP contribution in [0, 0.1) is 6.92 Å². The molecule has 3 aromatic carbocycles. The monoisotopic (exact) mass is 524 g/mol. The minimum absolute atomic E-state index is 0.134. The van der Waals surface area contributed by atoms with Crippen LogP contribution in [0.25, 0.3) is 0 Å². The molecule has 0 bridgehead atoms. The standard InChI is InChI=1S/C27H29BrN2O4/c1-18(2)24-10-8-19(3)12-26(24)34-17-27(31)30-29-15-21-14-23(32-4)9-11-25(21)33-16-20-6-5-7-22(28)13-20/h5-15,18H,16-17H2,1-4H3,(H,30,31)/b29-15-. The summed E-state index contributed by atoms with van der Waals surface area (Å²) in [5.41, 5.74) is 6.35. The summed E-state index contributed by atoms with van der Waals surface area (Å²) < 4.78 is 18.0. The lowest BCUT2D eigenvalue weighted by molar-refractivity contribution is -0.123. The van der Waals surface area contributed by atoms with Crippen molar-refractivity contribution in [1.82, 2.24) is 5.43 Å². The Morgan fingerprint density at radius 1 is 1.06 bits per heavy atom. The molecule has 1 N–H and O–H groups in total. The zero-order valence-electron chi connectivity index (χ0n) is 19.8. The second-order valence-electron chi connectivity index (χ2n) is 8.10. The quantitative estimate of drug-likeness (QED) is 0.261. The largest absolute Gasteiger partial charge is 0.497 e. The maximum Gasteiger partial charge on any atom is 0.277 e. The van der Waals surface area contributed by atoms with Gasteiger partial charge in [0, 0.05) is 10.0 Å². The SMILES string of the molecule is COc1ccc(OCc2cccc(Br)c2)c(/C=N\NC(=O)COc2cc(C)ccc2C(C)C)c1. The first kappa shape index (κ1) is 25.3. The molecule has 0 heterocycles. The molecule has 0 aliphatic carbocycles. The zero-order valence-corrected chi connectivity index (χ0v) is 21.4. The molecule has 0 saturated heterocycles. The number of benzene rings is 3. The van der Waals surface area contributed by atoms with Crippen molar-refractivity contribution in [2.75, 3.05) is 13.7 Å². The minimum Gasteiger partial charge on any atom is -0.497 e. The van der Waals surface area contributed by atoms with Gasteiger partial charge in [0.2, 0.25) is 0 Å². The van der Waals surface area contributed by atoms with Gasteiger partial charge in [0.15, 0.2) is 6.61 Å². The van der Waals surface area contributed by atoms with E-state index in [1.54, 1.807) is 13.2 Å². The molecule has 34 heavy (non-hydrogen) atoms. The molecule has 7 heteroatoms. The number of nitrogens with one attached hydrogen (secondary N) is 1. The molecule has 0 aromatic heterocycles. The summed E-state index contributed by atoms with van der Waals surface area (Å²) in [6, 6.07) is 19.3. The van der Waals surface area contributed by atoms with Crippen molar-refractivity contribution >= 4 is 28.1 Å². The van der Waals surface area contributed by atoms with Crippen LogP contribution in [0.5, 0.6) is 17.2 Å². The van der Waals surface area contributed by atoms with E-state index < -0.39 is 0 Å². The highest BCUT2D eigenvalue weighted by atomic mass is 79.9. The lowest BCUT2D eigenvalue weighted by Crippen LogP contribution is -2.25. The summed E-state index contributed by atoms with van der Waals surface area (Å²) in [6.07, 6.45) is 1.53. The average molecular weight is 525 g/mol. The van der Waals surface area contributed by atoms with Gasteiger partial charge in [-0.3, -0.25) is 4.79 Å². The van der Waals surface area contributed by atoms with Gasteiger partial charge in [-0.1, -0.05) is 54.0 Å². The fourth-order valence-corrected chi connectivity index (χ4v) is 3.71. The van der Waals surface area contributed by atoms with Crippen LogP contribution in [0.3, 0.4) is 0 Å².